The summed E-state index contributed by atoms with van der Waals surface area (Å²) in [5.74, 6) is 0. The molecule has 0 fully saturated rings. The van der Waals surface area contributed by atoms with Crippen LogP contribution in [0.2, 0.25) is 0 Å². The van der Waals surface area contributed by atoms with Gasteiger partial charge in [0.15, 0.2) is 0 Å². The molecule has 0 aliphatic carbocycles. The zero-order chi connectivity index (χ0) is 18.3. The van der Waals surface area contributed by atoms with Crippen molar-refractivity contribution in [3.8, 4) is 11.1 Å². The van der Waals surface area contributed by atoms with E-state index < -0.39 is 9.85 Å². The van der Waals surface area contributed by atoms with Crippen molar-refractivity contribution >= 4 is 107 Å². The third kappa shape index (κ3) is 3.63. The van der Waals surface area contributed by atoms with E-state index in [0.29, 0.717) is 17.9 Å². The number of rotatable bonds is 3. The summed E-state index contributed by atoms with van der Waals surface area (Å²) in [5.41, 5.74) is -0.367. The maximum absolute atomic E-state index is 11.5. The molecular weight excluding hydrogens is 716 g/mol. The van der Waals surface area contributed by atoms with Crippen LogP contribution in [0.1, 0.15) is 0 Å². The molecule has 2 rings (SSSR count). The zero-order valence-corrected chi connectivity index (χ0v) is 20.5. The Morgan fingerprint density at radius 1 is 0.625 bits per heavy atom. The van der Waals surface area contributed by atoms with Crippen LogP contribution in [0.25, 0.3) is 11.1 Å². The van der Waals surface area contributed by atoms with Gasteiger partial charge < -0.3 is 0 Å². The fourth-order valence-electron chi connectivity index (χ4n) is 1.94. The topological polar surface area (TPSA) is 86.3 Å². The molecule has 24 heavy (non-hydrogen) atoms. The highest BCUT2D eigenvalue weighted by Gasteiger charge is 2.31. The second kappa shape index (κ2) is 7.78. The van der Waals surface area contributed by atoms with Crippen molar-refractivity contribution in [3.63, 3.8) is 0 Å². The molecule has 0 aliphatic rings. The van der Waals surface area contributed by atoms with Gasteiger partial charge in [0.1, 0.15) is 8.95 Å². The first kappa shape index (κ1) is 20.4. The average Bonchev–Trinajstić information content (AvgIpc) is 2.48. The SMILES string of the molecule is O=[N+]([O-])c1c(-c2cc(Br)c(Br)c(Br)c2[N+](=O)[O-])cc(Br)c(Br)c1Br. The van der Waals surface area contributed by atoms with Gasteiger partial charge in [-0.25, -0.2) is 0 Å². The van der Waals surface area contributed by atoms with E-state index in [0.717, 1.165) is 0 Å². The fraction of sp³-hybridized carbons (Fsp3) is 0. The van der Waals surface area contributed by atoms with Gasteiger partial charge in [-0.2, -0.15) is 0 Å². The third-order valence-corrected chi connectivity index (χ3v) is 9.50. The van der Waals surface area contributed by atoms with Gasteiger partial charge in [-0.3, -0.25) is 20.2 Å². The molecule has 0 saturated carbocycles. The fourth-order valence-corrected chi connectivity index (χ4v) is 5.07. The largest absolute Gasteiger partial charge is 0.292 e. The number of nitro groups is 2. The molecule has 2 aromatic rings. The molecule has 0 unspecified atom stereocenters. The van der Waals surface area contributed by atoms with Crippen molar-refractivity contribution < 1.29 is 9.85 Å². The van der Waals surface area contributed by atoms with Crippen molar-refractivity contribution in [3.05, 3.63) is 59.2 Å². The minimum atomic E-state index is -0.593. The predicted molar refractivity (Wildman–Crippen MR) is 111 cm³/mol. The molecule has 6 nitrogen and oxygen atoms in total. The van der Waals surface area contributed by atoms with Crippen molar-refractivity contribution in [2.75, 3.05) is 0 Å². The van der Waals surface area contributed by atoms with E-state index in [9.17, 15) is 20.2 Å². The maximum Gasteiger partial charge on any atom is 0.292 e. The Labute approximate surface area is 185 Å². The van der Waals surface area contributed by atoms with Gasteiger partial charge in [-0.15, -0.1) is 0 Å². The first-order valence-electron chi connectivity index (χ1n) is 5.72. The van der Waals surface area contributed by atoms with Gasteiger partial charge in [0.05, 0.1) is 29.9 Å². The lowest BCUT2D eigenvalue weighted by molar-refractivity contribution is -0.387. The monoisotopic (exact) mass is 712 g/mol. The number of benzene rings is 2. The number of hydrogen-bond acceptors (Lipinski definition) is 4. The highest BCUT2D eigenvalue weighted by molar-refractivity contribution is 9.15. The van der Waals surface area contributed by atoms with Crippen molar-refractivity contribution in [1.29, 1.82) is 0 Å². The molecule has 0 atom stereocenters. The molecule has 0 heterocycles. The second-order valence-electron chi connectivity index (χ2n) is 4.28. The first-order chi connectivity index (χ1) is 11.1. The van der Waals surface area contributed by atoms with Crippen LogP contribution in [0, 0.1) is 20.2 Å². The van der Waals surface area contributed by atoms with Crippen LogP contribution in [0.3, 0.4) is 0 Å². The molecule has 0 amide bonds. The van der Waals surface area contributed by atoms with Gasteiger partial charge in [-0.1, -0.05) is 0 Å². The molecule has 0 aliphatic heterocycles. The Kier molecular flexibility index (Phi) is 6.63. The number of hydrogen-bond donors (Lipinski definition) is 0. The van der Waals surface area contributed by atoms with E-state index in [2.05, 4.69) is 95.6 Å². The molecule has 2 aromatic carbocycles. The van der Waals surface area contributed by atoms with E-state index in [1.807, 2.05) is 0 Å². The summed E-state index contributed by atoms with van der Waals surface area (Å²) in [5, 5.41) is 23.1. The smallest absolute Gasteiger partial charge is 0.258 e. The zero-order valence-electron chi connectivity index (χ0n) is 10.9. The van der Waals surface area contributed by atoms with Crippen LogP contribution in [-0.2, 0) is 0 Å². The van der Waals surface area contributed by atoms with Crippen molar-refractivity contribution in [1.82, 2.24) is 0 Å². The van der Waals surface area contributed by atoms with E-state index in [4.69, 9.17) is 0 Å². The predicted octanol–water partition coefficient (Wildman–Crippen LogP) is 7.75. The minimum Gasteiger partial charge on any atom is -0.258 e. The van der Waals surface area contributed by atoms with Crippen molar-refractivity contribution in [2.24, 2.45) is 0 Å². The van der Waals surface area contributed by atoms with Crippen LogP contribution in [-0.4, -0.2) is 9.85 Å². The highest BCUT2D eigenvalue weighted by atomic mass is 79.9. The molecule has 0 spiro atoms. The summed E-state index contributed by atoms with van der Waals surface area (Å²) >= 11 is 19.4. The van der Waals surface area contributed by atoms with E-state index in [1.165, 1.54) is 12.1 Å². The van der Waals surface area contributed by atoms with E-state index in [1.54, 1.807) is 0 Å². The normalized spacial score (nSPS) is 10.8. The van der Waals surface area contributed by atoms with Crippen LogP contribution >= 0.6 is 95.6 Å². The maximum atomic E-state index is 11.5. The summed E-state index contributed by atoms with van der Waals surface area (Å²) in [6.45, 7) is 0. The lowest BCUT2D eigenvalue weighted by Gasteiger charge is -2.11. The summed E-state index contributed by atoms with van der Waals surface area (Å²) in [6, 6.07) is 2.92. The Bertz CT molecular complexity index is 829. The minimum absolute atomic E-state index is 0.0996. The quantitative estimate of drug-likeness (QED) is 0.185. The Hall–Kier alpha value is 0.120. The Morgan fingerprint density at radius 3 is 1.17 bits per heavy atom. The molecule has 0 N–H and O–H groups in total. The summed E-state index contributed by atoms with van der Waals surface area (Å²) in [6.07, 6.45) is 0. The number of halogens is 6. The summed E-state index contributed by atoms with van der Waals surface area (Å²) in [7, 11) is 0. The number of nitrogens with zero attached hydrogens (tertiary/aromatic N) is 2. The third-order valence-electron chi connectivity index (χ3n) is 2.93. The van der Waals surface area contributed by atoms with Crippen molar-refractivity contribution in [2.45, 2.75) is 0 Å². The highest BCUT2D eigenvalue weighted by Crippen LogP contribution is 2.50. The summed E-state index contributed by atoms with van der Waals surface area (Å²) < 4.78 is 2.27. The van der Waals surface area contributed by atoms with Crippen LogP contribution in [0.15, 0.2) is 39.0 Å². The van der Waals surface area contributed by atoms with Crippen LogP contribution in [0.5, 0.6) is 0 Å². The van der Waals surface area contributed by atoms with Gasteiger partial charge in [0.25, 0.3) is 11.4 Å². The van der Waals surface area contributed by atoms with Gasteiger partial charge in [0, 0.05) is 8.95 Å². The van der Waals surface area contributed by atoms with Gasteiger partial charge in [0.2, 0.25) is 0 Å². The molecule has 0 radical (unpaired) electrons. The van der Waals surface area contributed by atoms with E-state index >= 15 is 0 Å². The second-order valence-corrected chi connectivity index (χ2v) is 9.16. The molecule has 0 saturated heterocycles. The summed E-state index contributed by atoms with van der Waals surface area (Å²) in [4.78, 5) is 21.9. The van der Waals surface area contributed by atoms with Gasteiger partial charge >= 0.3 is 0 Å². The lowest BCUT2D eigenvalue weighted by Crippen LogP contribution is -1.99. The molecule has 12 heteroatoms. The van der Waals surface area contributed by atoms with Gasteiger partial charge in [-0.05, 0) is 108 Å². The van der Waals surface area contributed by atoms with Crippen LogP contribution in [0.4, 0.5) is 11.4 Å². The van der Waals surface area contributed by atoms with Crippen LogP contribution < -0.4 is 0 Å². The molecule has 0 aromatic heterocycles. The molecule has 0 bridgehead atoms. The first-order valence-corrected chi connectivity index (χ1v) is 10.5. The average molecular weight is 718 g/mol. The number of nitro benzene ring substituents is 2. The Balaban J connectivity index is 3.02. The van der Waals surface area contributed by atoms with E-state index in [-0.39, 0.29) is 31.4 Å². The standard InChI is InChI=1S/C12H2Br6N2O4/c13-5-1-3(11(19(21)22)9(17)7(5)15)4-2-6(14)8(16)10(18)12(4)20(23)24/h1-2H. The lowest BCUT2D eigenvalue weighted by atomic mass is 10.0. The molecule has 126 valence electrons. The molecular formula is C12H2Br6N2O4. The Morgan fingerprint density at radius 2 is 0.917 bits per heavy atom.